The largest absolute Gasteiger partial charge is 0.452 e. The zero-order chi connectivity index (χ0) is 11.6. The van der Waals surface area contributed by atoms with Crippen LogP contribution in [0.3, 0.4) is 0 Å². The number of aromatic nitrogens is 1. The fraction of sp³-hybridized carbons (Fsp3) is 0.100. The third-order valence-electron chi connectivity index (χ3n) is 1.83. The van der Waals surface area contributed by atoms with Crippen LogP contribution in [-0.2, 0) is 6.18 Å². The first kappa shape index (κ1) is 10.5. The fourth-order valence-electron chi connectivity index (χ4n) is 1.09. The minimum atomic E-state index is -4.34. The zero-order valence-electron chi connectivity index (χ0n) is 7.86. The number of benzene rings is 1. The molecule has 3 nitrogen and oxygen atoms in total. The maximum absolute atomic E-state index is 12.2. The summed E-state index contributed by atoms with van der Waals surface area (Å²) >= 11 is 0. The molecule has 0 spiro atoms. The van der Waals surface area contributed by atoms with Gasteiger partial charge in [0.2, 0.25) is 0 Å². The van der Waals surface area contributed by atoms with Crippen molar-refractivity contribution in [3.63, 3.8) is 0 Å². The molecule has 0 fully saturated rings. The van der Waals surface area contributed by atoms with Crippen molar-refractivity contribution < 1.29 is 22.4 Å². The second-order valence-corrected chi connectivity index (χ2v) is 2.98. The van der Waals surface area contributed by atoms with Gasteiger partial charge in [0.1, 0.15) is 11.9 Å². The van der Waals surface area contributed by atoms with Crippen molar-refractivity contribution in [3.05, 3.63) is 42.3 Å². The lowest BCUT2D eigenvalue weighted by molar-refractivity contribution is -0.137. The van der Waals surface area contributed by atoms with Crippen LogP contribution in [0.25, 0.3) is 0 Å². The first-order chi connectivity index (χ1) is 7.55. The molecule has 2 rings (SSSR count). The smallest absolute Gasteiger partial charge is 0.416 e. The van der Waals surface area contributed by atoms with E-state index >= 15 is 0 Å². The molecule has 0 bridgehead atoms. The Morgan fingerprint density at radius 1 is 1.06 bits per heavy atom. The Balaban J connectivity index is 2.14. The normalized spacial score (nSPS) is 11.4. The highest BCUT2D eigenvalue weighted by atomic mass is 19.4. The van der Waals surface area contributed by atoms with E-state index in [2.05, 4.69) is 9.68 Å². The molecule has 6 heteroatoms. The highest BCUT2D eigenvalue weighted by Crippen LogP contribution is 2.31. The topological polar surface area (TPSA) is 35.3 Å². The van der Waals surface area contributed by atoms with Gasteiger partial charge in [-0.15, -0.1) is 0 Å². The zero-order valence-corrected chi connectivity index (χ0v) is 7.86. The van der Waals surface area contributed by atoms with Crippen LogP contribution in [0.15, 0.2) is 41.2 Å². The van der Waals surface area contributed by atoms with E-state index in [0.717, 1.165) is 12.1 Å². The van der Waals surface area contributed by atoms with E-state index in [1.165, 1.54) is 24.6 Å². The number of halogens is 3. The van der Waals surface area contributed by atoms with Gasteiger partial charge in [0.05, 0.1) is 5.56 Å². The van der Waals surface area contributed by atoms with Crippen molar-refractivity contribution >= 4 is 0 Å². The van der Waals surface area contributed by atoms with Crippen molar-refractivity contribution in [2.45, 2.75) is 6.18 Å². The number of hydrogen-bond donors (Lipinski definition) is 0. The Morgan fingerprint density at radius 2 is 1.75 bits per heavy atom. The summed E-state index contributed by atoms with van der Waals surface area (Å²) in [5.74, 6) is 0.621. The van der Waals surface area contributed by atoms with Crippen molar-refractivity contribution in [3.8, 4) is 11.5 Å². The van der Waals surface area contributed by atoms with Crippen molar-refractivity contribution in [2.75, 3.05) is 0 Å². The molecule has 0 unspecified atom stereocenters. The molecule has 84 valence electrons. The average Bonchev–Trinajstić information content (AvgIpc) is 2.70. The molecule has 0 saturated heterocycles. The highest BCUT2D eigenvalue weighted by Gasteiger charge is 2.30. The van der Waals surface area contributed by atoms with E-state index in [1.54, 1.807) is 0 Å². The molecule has 0 radical (unpaired) electrons. The third-order valence-corrected chi connectivity index (χ3v) is 1.83. The molecule has 1 aromatic carbocycles. The lowest BCUT2D eigenvalue weighted by Gasteiger charge is -2.07. The SMILES string of the molecule is FC(F)(F)c1ccc(Oc2cnoc2)cc1. The molecule has 1 heterocycles. The van der Waals surface area contributed by atoms with Gasteiger partial charge in [-0.3, -0.25) is 0 Å². The predicted molar refractivity (Wildman–Crippen MR) is 48.0 cm³/mol. The molecule has 0 aliphatic rings. The van der Waals surface area contributed by atoms with Gasteiger partial charge in [0.15, 0.2) is 12.0 Å². The second-order valence-electron chi connectivity index (χ2n) is 2.98. The lowest BCUT2D eigenvalue weighted by Crippen LogP contribution is -2.03. The molecule has 0 aliphatic carbocycles. The molecule has 2 aromatic rings. The summed E-state index contributed by atoms with van der Waals surface area (Å²) in [6.07, 6.45) is -1.77. The Kier molecular flexibility index (Phi) is 2.55. The van der Waals surface area contributed by atoms with Gasteiger partial charge in [-0.05, 0) is 24.3 Å². The second kappa shape index (κ2) is 3.88. The van der Waals surface area contributed by atoms with Crippen molar-refractivity contribution in [2.24, 2.45) is 0 Å². The summed E-state index contributed by atoms with van der Waals surface area (Å²) in [5.41, 5.74) is -0.717. The van der Waals surface area contributed by atoms with E-state index in [-0.39, 0.29) is 5.75 Å². The van der Waals surface area contributed by atoms with Crippen LogP contribution in [0.1, 0.15) is 5.56 Å². The Hall–Kier alpha value is -1.98. The van der Waals surface area contributed by atoms with Crippen LogP contribution in [0.5, 0.6) is 11.5 Å². The minimum absolute atomic E-state index is 0.288. The van der Waals surface area contributed by atoms with Gasteiger partial charge in [-0.1, -0.05) is 5.16 Å². The molecule has 0 atom stereocenters. The van der Waals surface area contributed by atoms with Crippen LogP contribution in [-0.4, -0.2) is 5.16 Å². The average molecular weight is 229 g/mol. The number of hydrogen-bond acceptors (Lipinski definition) is 3. The van der Waals surface area contributed by atoms with E-state index in [4.69, 9.17) is 4.74 Å². The van der Waals surface area contributed by atoms with E-state index < -0.39 is 11.7 Å². The van der Waals surface area contributed by atoms with Crippen LogP contribution in [0, 0.1) is 0 Å². The van der Waals surface area contributed by atoms with Crippen LogP contribution < -0.4 is 4.74 Å². The summed E-state index contributed by atoms with van der Waals surface area (Å²) in [5, 5.41) is 3.40. The van der Waals surface area contributed by atoms with Gasteiger partial charge < -0.3 is 9.26 Å². The summed E-state index contributed by atoms with van der Waals surface area (Å²) in [7, 11) is 0. The standard InChI is InChI=1S/C10H6F3NO2/c11-10(12,13)7-1-3-8(4-2-7)16-9-5-14-15-6-9/h1-6H. The predicted octanol–water partition coefficient (Wildman–Crippen LogP) is 3.49. The van der Waals surface area contributed by atoms with Gasteiger partial charge in [-0.25, -0.2) is 0 Å². The Bertz CT molecular complexity index is 448. The third kappa shape index (κ3) is 2.33. The van der Waals surface area contributed by atoms with Gasteiger partial charge >= 0.3 is 6.18 Å². The molecule has 0 N–H and O–H groups in total. The van der Waals surface area contributed by atoms with Crippen molar-refractivity contribution in [1.29, 1.82) is 0 Å². The van der Waals surface area contributed by atoms with Gasteiger partial charge in [0, 0.05) is 0 Å². The van der Waals surface area contributed by atoms with Gasteiger partial charge in [0.25, 0.3) is 0 Å². The number of rotatable bonds is 2. The van der Waals surface area contributed by atoms with Gasteiger partial charge in [-0.2, -0.15) is 13.2 Å². The molecule has 0 aliphatic heterocycles. The van der Waals surface area contributed by atoms with Crippen LogP contribution >= 0.6 is 0 Å². The molecule has 1 aromatic heterocycles. The minimum Gasteiger partial charge on any atom is -0.452 e. The molecular weight excluding hydrogens is 223 g/mol. The molecule has 16 heavy (non-hydrogen) atoms. The highest BCUT2D eigenvalue weighted by molar-refractivity contribution is 5.31. The summed E-state index contributed by atoms with van der Waals surface area (Å²) < 4.78 is 46.4. The maximum Gasteiger partial charge on any atom is 0.416 e. The fourth-order valence-corrected chi connectivity index (χ4v) is 1.09. The number of nitrogens with zero attached hydrogens (tertiary/aromatic N) is 1. The molecule has 0 saturated carbocycles. The number of alkyl halides is 3. The molecule has 0 amide bonds. The van der Waals surface area contributed by atoms with Crippen molar-refractivity contribution in [1.82, 2.24) is 5.16 Å². The van der Waals surface area contributed by atoms with E-state index in [0.29, 0.717) is 5.75 Å². The summed E-state index contributed by atoms with van der Waals surface area (Å²) in [6.45, 7) is 0. The Labute approximate surface area is 88.4 Å². The van der Waals surface area contributed by atoms with Crippen LogP contribution in [0.2, 0.25) is 0 Å². The number of ether oxygens (including phenoxy) is 1. The summed E-state index contributed by atoms with van der Waals surface area (Å²) in [6, 6.07) is 4.36. The maximum atomic E-state index is 12.2. The summed E-state index contributed by atoms with van der Waals surface area (Å²) in [4.78, 5) is 0. The molecular formula is C10H6F3NO2. The van der Waals surface area contributed by atoms with Crippen LogP contribution in [0.4, 0.5) is 13.2 Å². The first-order valence-corrected chi connectivity index (χ1v) is 4.30. The quantitative estimate of drug-likeness (QED) is 0.790. The van der Waals surface area contributed by atoms with E-state index in [1.807, 2.05) is 0 Å². The lowest BCUT2D eigenvalue weighted by atomic mass is 10.2. The van der Waals surface area contributed by atoms with E-state index in [9.17, 15) is 13.2 Å². The Morgan fingerprint density at radius 3 is 2.25 bits per heavy atom. The first-order valence-electron chi connectivity index (χ1n) is 4.30. The monoisotopic (exact) mass is 229 g/mol.